The van der Waals surface area contributed by atoms with Gasteiger partial charge in [0.25, 0.3) is 11.5 Å². The lowest BCUT2D eigenvalue weighted by Crippen LogP contribution is -2.25. The first-order valence-corrected chi connectivity index (χ1v) is 8.30. The van der Waals surface area contributed by atoms with Gasteiger partial charge in [-0.05, 0) is 36.6 Å². The highest BCUT2D eigenvalue weighted by Crippen LogP contribution is 2.26. The fourth-order valence-corrected chi connectivity index (χ4v) is 3.54. The number of aryl methyl sites for hydroxylation is 2. The fraction of sp³-hybridized carbons (Fsp3) is 0.235. The maximum Gasteiger partial charge on any atom is 0.262 e. The Kier molecular flexibility index (Phi) is 4.35. The van der Waals surface area contributed by atoms with Crippen LogP contribution in [0, 0.1) is 6.92 Å². The van der Waals surface area contributed by atoms with Crippen molar-refractivity contribution >= 4 is 27.5 Å². The highest BCUT2D eigenvalue weighted by Gasteiger charge is 2.18. The van der Waals surface area contributed by atoms with Gasteiger partial charge in [-0.1, -0.05) is 12.1 Å². The Morgan fingerprint density at radius 3 is 2.75 bits per heavy atom. The minimum absolute atomic E-state index is 0.142. The molecule has 0 aliphatic rings. The second-order valence-corrected chi connectivity index (χ2v) is 6.57. The molecule has 2 aromatic heterocycles. The third-order valence-electron chi connectivity index (χ3n) is 3.85. The lowest BCUT2D eigenvalue weighted by Gasteiger charge is -2.05. The molecule has 0 aliphatic carbocycles. The van der Waals surface area contributed by atoms with Crippen molar-refractivity contribution in [1.29, 1.82) is 0 Å². The van der Waals surface area contributed by atoms with Gasteiger partial charge in [0.15, 0.2) is 0 Å². The molecule has 0 fully saturated rings. The summed E-state index contributed by atoms with van der Waals surface area (Å²) in [5.41, 5.74) is 1.56. The van der Waals surface area contributed by atoms with E-state index in [1.54, 1.807) is 26.1 Å². The molecule has 0 atom stereocenters. The number of hydrogen-bond donors (Lipinski definition) is 2. The van der Waals surface area contributed by atoms with Crippen LogP contribution in [0.1, 0.15) is 20.8 Å². The number of amides is 1. The molecule has 0 spiro atoms. The summed E-state index contributed by atoms with van der Waals surface area (Å²) < 4.78 is 1.41. The average Bonchev–Trinajstić information content (AvgIpc) is 2.90. The predicted octanol–water partition coefficient (Wildman–Crippen LogP) is 1.98. The van der Waals surface area contributed by atoms with Crippen LogP contribution in [0.4, 0.5) is 0 Å². The van der Waals surface area contributed by atoms with Crippen LogP contribution in [-0.2, 0) is 13.5 Å². The average molecular weight is 343 g/mol. The molecule has 24 heavy (non-hydrogen) atoms. The van der Waals surface area contributed by atoms with Gasteiger partial charge in [0.2, 0.25) is 0 Å². The van der Waals surface area contributed by atoms with Crippen molar-refractivity contribution in [3.05, 3.63) is 57.0 Å². The molecule has 0 saturated carbocycles. The number of aromatic hydroxyl groups is 1. The Morgan fingerprint density at radius 2 is 2.04 bits per heavy atom. The molecule has 2 N–H and O–H groups in total. The lowest BCUT2D eigenvalue weighted by molar-refractivity contribution is 0.0957. The Hall–Kier alpha value is -2.67. The molecule has 0 saturated heterocycles. The summed E-state index contributed by atoms with van der Waals surface area (Å²) in [4.78, 5) is 29.9. The molecule has 0 radical (unpaired) electrons. The molecule has 1 aromatic carbocycles. The van der Waals surface area contributed by atoms with E-state index in [0.717, 1.165) is 5.56 Å². The van der Waals surface area contributed by atoms with Gasteiger partial charge in [0, 0.05) is 13.6 Å². The van der Waals surface area contributed by atoms with Gasteiger partial charge >= 0.3 is 0 Å². The third-order valence-corrected chi connectivity index (χ3v) is 5.05. The number of carbonyl (C=O) groups excluding carboxylic acids is 1. The highest BCUT2D eigenvalue weighted by molar-refractivity contribution is 7.20. The van der Waals surface area contributed by atoms with Crippen LogP contribution in [0.2, 0.25) is 0 Å². The van der Waals surface area contributed by atoms with Gasteiger partial charge in [0.05, 0.1) is 16.6 Å². The molecule has 3 aromatic rings. The number of aromatic nitrogens is 2. The van der Waals surface area contributed by atoms with Gasteiger partial charge in [-0.3, -0.25) is 9.59 Å². The zero-order valence-corrected chi connectivity index (χ0v) is 14.2. The number of phenols is 1. The number of thiophene rings is 1. The topological polar surface area (TPSA) is 84.2 Å². The van der Waals surface area contributed by atoms with Crippen LogP contribution in [0.5, 0.6) is 5.75 Å². The summed E-state index contributed by atoms with van der Waals surface area (Å²) in [5, 5.41) is 12.6. The van der Waals surface area contributed by atoms with Gasteiger partial charge in [-0.25, -0.2) is 4.98 Å². The van der Waals surface area contributed by atoms with Crippen molar-refractivity contribution in [3.63, 3.8) is 0 Å². The normalized spacial score (nSPS) is 10.9. The van der Waals surface area contributed by atoms with E-state index in [9.17, 15) is 14.7 Å². The maximum atomic E-state index is 12.4. The minimum atomic E-state index is -0.198. The Bertz CT molecular complexity index is 958. The van der Waals surface area contributed by atoms with E-state index < -0.39 is 0 Å². The lowest BCUT2D eigenvalue weighted by atomic mass is 10.1. The molecule has 0 unspecified atom stereocenters. The van der Waals surface area contributed by atoms with Crippen molar-refractivity contribution in [3.8, 4) is 5.75 Å². The first kappa shape index (κ1) is 16.2. The second kappa shape index (κ2) is 6.45. The quantitative estimate of drug-likeness (QED) is 0.759. The van der Waals surface area contributed by atoms with Crippen LogP contribution in [0.15, 0.2) is 35.4 Å². The Morgan fingerprint density at radius 1 is 1.33 bits per heavy atom. The van der Waals surface area contributed by atoms with Crippen molar-refractivity contribution in [1.82, 2.24) is 14.9 Å². The minimum Gasteiger partial charge on any atom is -0.508 e. The molecule has 0 bridgehead atoms. The number of nitrogens with zero attached hydrogens (tertiary/aromatic N) is 2. The Labute approximate surface area is 142 Å². The number of rotatable bonds is 4. The van der Waals surface area contributed by atoms with E-state index in [2.05, 4.69) is 10.3 Å². The second-order valence-electron chi connectivity index (χ2n) is 5.57. The van der Waals surface area contributed by atoms with Crippen LogP contribution >= 0.6 is 11.3 Å². The van der Waals surface area contributed by atoms with E-state index >= 15 is 0 Å². The van der Waals surface area contributed by atoms with Crippen LogP contribution < -0.4 is 10.9 Å². The van der Waals surface area contributed by atoms with Crippen molar-refractivity contribution in [2.45, 2.75) is 13.3 Å². The molecule has 124 valence electrons. The van der Waals surface area contributed by atoms with E-state index in [0.29, 0.717) is 33.6 Å². The summed E-state index contributed by atoms with van der Waals surface area (Å²) in [7, 11) is 1.64. The number of nitrogens with one attached hydrogen (secondary N) is 1. The van der Waals surface area contributed by atoms with E-state index in [-0.39, 0.29) is 17.2 Å². The number of carbonyl (C=O) groups is 1. The predicted molar refractivity (Wildman–Crippen MR) is 93.7 cm³/mol. The van der Waals surface area contributed by atoms with Crippen LogP contribution in [0.25, 0.3) is 10.2 Å². The van der Waals surface area contributed by atoms with Gasteiger partial charge in [-0.2, -0.15) is 0 Å². The summed E-state index contributed by atoms with van der Waals surface area (Å²) in [6.07, 6.45) is 2.13. The number of benzene rings is 1. The van der Waals surface area contributed by atoms with E-state index in [4.69, 9.17) is 0 Å². The molecular formula is C17H17N3O3S. The summed E-state index contributed by atoms with van der Waals surface area (Å²) in [6.45, 7) is 2.25. The number of hydrogen-bond acceptors (Lipinski definition) is 5. The number of phenolic OH excluding ortho intramolecular Hbond substituents is 1. The first-order valence-electron chi connectivity index (χ1n) is 7.48. The van der Waals surface area contributed by atoms with Gasteiger partial charge in [0.1, 0.15) is 10.6 Å². The molecule has 7 heteroatoms. The van der Waals surface area contributed by atoms with E-state index in [1.807, 2.05) is 12.1 Å². The largest absolute Gasteiger partial charge is 0.508 e. The molecule has 0 aliphatic heterocycles. The van der Waals surface area contributed by atoms with Gasteiger partial charge in [-0.15, -0.1) is 11.3 Å². The SMILES string of the molecule is Cc1c(C(=O)NCCc2ccc(O)cc2)sc2ncn(C)c(=O)c12. The van der Waals surface area contributed by atoms with Crippen LogP contribution in [-0.4, -0.2) is 27.1 Å². The molecular weight excluding hydrogens is 326 g/mol. The summed E-state index contributed by atoms with van der Waals surface area (Å²) in [6, 6.07) is 6.88. The number of fused-ring (bicyclic) bond motifs is 1. The third kappa shape index (κ3) is 3.03. The zero-order chi connectivity index (χ0) is 17.3. The summed E-state index contributed by atoms with van der Waals surface area (Å²) in [5.74, 6) is 0.0223. The van der Waals surface area contributed by atoms with Crippen molar-refractivity contribution in [2.75, 3.05) is 6.54 Å². The van der Waals surface area contributed by atoms with Gasteiger partial charge < -0.3 is 15.0 Å². The smallest absolute Gasteiger partial charge is 0.262 e. The Balaban J connectivity index is 1.74. The van der Waals surface area contributed by atoms with E-state index in [1.165, 1.54) is 22.2 Å². The monoisotopic (exact) mass is 343 g/mol. The highest BCUT2D eigenvalue weighted by atomic mass is 32.1. The van der Waals surface area contributed by atoms with Crippen molar-refractivity contribution in [2.24, 2.45) is 7.05 Å². The maximum absolute atomic E-state index is 12.4. The molecule has 1 amide bonds. The standard InChI is InChI=1S/C17H17N3O3S/c1-10-13-16(19-9-20(2)17(13)23)24-14(10)15(22)18-8-7-11-3-5-12(21)6-4-11/h3-6,9,21H,7-8H2,1-2H3,(H,18,22). The molecule has 2 heterocycles. The fourth-order valence-electron chi connectivity index (χ4n) is 2.49. The molecule has 3 rings (SSSR count). The zero-order valence-electron chi connectivity index (χ0n) is 13.4. The summed E-state index contributed by atoms with van der Waals surface area (Å²) >= 11 is 1.23. The first-order chi connectivity index (χ1) is 11.5. The molecule has 6 nitrogen and oxygen atoms in total. The van der Waals surface area contributed by atoms with Crippen molar-refractivity contribution < 1.29 is 9.90 Å². The van der Waals surface area contributed by atoms with Crippen LogP contribution in [0.3, 0.4) is 0 Å².